The molecule has 7 nitrogen and oxygen atoms in total. The van der Waals surface area contributed by atoms with E-state index in [4.69, 9.17) is 4.74 Å². The van der Waals surface area contributed by atoms with Gasteiger partial charge in [0.1, 0.15) is 23.7 Å². The smallest absolute Gasteiger partial charge is 0.220 e. The summed E-state index contributed by atoms with van der Waals surface area (Å²) in [6.45, 7) is 2.70. The predicted octanol–water partition coefficient (Wildman–Crippen LogP) is 2.73. The number of fused-ring (bicyclic) bond motifs is 1. The molecule has 1 N–H and O–H groups in total. The van der Waals surface area contributed by atoms with Crippen LogP contribution >= 0.6 is 0 Å². The fourth-order valence-corrected chi connectivity index (χ4v) is 3.72. The van der Waals surface area contributed by atoms with Crippen LogP contribution < -0.4 is 10.1 Å². The summed E-state index contributed by atoms with van der Waals surface area (Å²) in [5.74, 6) is 1.07. The van der Waals surface area contributed by atoms with Crippen molar-refractivity contribution in [2.75, 3.05) is 6.54 Å². The summed E-state index contributed by atoms with van der Waals surface area (Å²) in [6.07, 6.45) is 7.97. The molecule has 7 heteroatoms. The lowest BCUT2D eigenvalue weighted by Crippen LogP contribution is -2.25. The van der Waals surface area contributed by atoms with Gasteiger partial charge < -0.3 is 14.6 Å². The molecule has 2 aliphatic rings. The first-order chi connectivity index (χ1) is 13.2. The van der Waals surface area contributed by atoms with Crippen LogP contribution in [-0.4, -0.2) is 38.1 Å². The zero-order valence-corrected chi connectivity index (χ0v) is 15.1. The first-order valence-corrected chi connectivity index (χ1v) is 9.39. The summed E-state index contributed by atoms with van der Waals surface area (Å²) in [5, 5.41) is 2.89. The Morgan fingerprint density at radius 3 is 2.89 bits per heavy atom. The molecule has 1 saturated carbocycles. The van der Waals surface area contributed by atoms with Crippen LogP contribution in [0.5, 0.6) is 5.75 Å². The highest BCUT2D eigenvalue weighted by molar-refractivity contribution is 5.87. The van der Waals surface area contributed by atoms with Gasteiger partial charge >= 0.3 is 0 Å². The third kappa shape index (κ3) is 3.03. The minimum Gasteiger partial charge on any atom is -0.488 e. The lowest BCUT2D eigenvalue weighted by Gasteiger charge is -2.21. The molecule has 1 aliphatic heterocycles. The molecular weight excluding hydrogens is 342 g/mol. The van der Waals surface area contributed by atoms with E-state index in [1.54, 1.807) is 12.5 Å². The van der Waals surface area contributed by atoms with Gasteiger partial charge in [-0.05, 0) is 38.0 Å². The topological polar surface area (TPSA) is 81.9 Å². The van der Waals surface area contributed by atoms with E-state index in [0.29, 0.717) is 19.0 Å². The van der Waals surface area contributed by atoms with E-state index in [9.17, 15) is 4.79 Å². The summed E-state index contributed by atoms with van der Waals surface area (Å²) in [4.78, 5) is 24.6. The van der Waals surface area contributed by atoms with Crippen molar-refractivity contribution >= 4 is 16.9 Å². The van der Waals surface area contributed by atoms with Gasteiger partial charge in [0.05, 0.1) is 17.5 Å². The molecule has 2 aromatic heterocycles. The minimum atomic E-state index is -0.0737. The summed E-state index contributed by atoms with van der Waals surface area (Å²) in [5.41, 5.74) is 3.72. The summed E-state index contributed by atoms with van der Waals surface area (Å²) in [7, 11) is 0. The van der Waals surface area contributed by atoms with E-state index in [2.05, 4.69) is 30.9 Å². The molecule has 3 heterocycles. The molecular formula is C20H21N5O2. The van der Waals surface area contributed by atoms with Gasteiger partial charge in [-0.25, -0.2) is 15.0 Å². The highest BCUT2D eigenvalue weighted by Gasteiger charge is 2.30. The van der Waals surface area contributed by atoms with Crippen LogP contribution in [0.3, 0.4) is 0 Å². The number of carbonyl (C=O) groups is 1. The van der Waals surface area contributed by atoms with Gasteiger partial charge in [0.25, 0.3) is 0 Å². The van der Waals surface area contributed by atoms with Crippen molar-refractivity contribution in [2.45, 2.75) is 38.3 Å². The van der Waals surface area contributed by atoms with Crippen molar-refractivity contribution in [3.05, 3.63) is 37.1 Å². The number of amides is 1. The molecule has 1 unspecified atom stereocenters. The van der Waals surface area contributed by atoms with E-state index in [1.807, 2.05) is 25.4 Å². The Labute approximate surface area is 156 Å². The monoisotopic (exact) mass is 363 g/mol. The van der Waals surface area contributed by atoms with E-state index in [1.165, 1.54) is 12.8 Å². The number of imidazole rings is 1. The van der Waals surface area contributed by atoms with Crippen molar-refractivity contribution in [2.24, 2.45) is 5.92 Å². The minimum absolute atomic E-state index is 0.0737. The number of rotatable bonds is 5. The molecule has 5 rings (SSSR count). The Morgan fingerprint density at radius 2 is 2.19 bits per heavy atom. The molecule has 2 fully saturated rings. The maximum absolute atomic E-state index is 11.6. The number of aromatic nitrogens is 4. The van der Waals surface area contributed by atoms with Crippen molar-refractivity contribution < 1.29 is 9.53 Å². The van der Waals surface area contributed by atoms with Crippen LogP contribution in [0.1, 0.15) is 32.2 Å². The highest BCUT2D eigenvalue weighted by Crippen LogP contribution is 2.41. The number of nitrogens with zero attached hydrogens (tertiary/aromatic N) is 4. The zero-order valence-electron chi connectivity index (χ0n) is 15.1. The van der Waals surface area contributed by atoms with Crippen LogP contribution in [-0.2, 0) is 4.79 Å². The Bertz CT molecular complexity index is 996. The van der Waals surface area contributed by atoms with Gasteiger partial charge in [-0.3, -0.25) is 4.79 Å². The van der Waals surface area contributed by atoms with Crippen molar-refractivity contribution in [3.63, 3.8) is 0 Å². The molecule has 1 aromatic carbocycles. The third-order valence-corrected chi connectivity index (χ3v) is 5.44. The first kappa shape index (κ1) is 16.2. The maximum Gasteiger partial charge on any atom is 0.220 e. The average Bonchev–Trinajstić information content (AvgIpc) is 3.28. The van der Waals surface area contributed by atoms with Gasteiger partial charge in [0.15, 0.2) is 0 Å². The van der Waals surface area contributed by atoms with Gasteiger partial charge in [0.2, 0.25) is 5.91 Å². The fraction of sp³-hybridized carbons (Fsp3) is 0.400. The Hall–Kier alpha value is -2.96. The van der Waals surface area contributed by atoms with Crippen LogP contribution in [0.15, 0.2) is 37.1 Å². The maximum atomic E-state index is 11.6. The Kier molecular flexibility index (Phi) is 3.81. The quantitative estimate of drug-likeness (QED) is 0.754. The number of hydrogen-bond acceptors (Lipinski definition) is 5. The summed E-state index contributed by atoms with van der Waals surface area (Å²) < 4.78 is 8.62. The molecule has 0 spiro atoms. The number of ether oxygens (including phenoxy) is 1. The molecule has 2 atom stereocenters. The molecule has 27 heavy (non-hydrogen) atoms. The fourth-order valence-electron chi connectivity index (χ4n) is 3.72. The van der Waals surface area contributed by atoms with Crippen molar-refractivity contribution in [1.82, 2.24) is 24.8 Å². The molecule has 0 bridgehead atoms. The Morgan fingerprint density at radius 1 is 1.30 bits per heavy atom. The van der Waals surface area contributed by atoms with E-state index in [0.717, 1.165) is 28.0 Å². The molecule has 138 valence electrons. The molecule has 1 amide bonds. The molecule has 1 aliphatic carbocycles. The van der Waals surface area contributed by atoms with Crippen LogP contribution in [0, 0.1) is 5.92 Å². The zero-order chi connectivity index (χ0) is 18.4. The normalized spacial score (nSPS) is 20.6. The van der Waals surface area contributed by atoms with Crippen molar-refractivity contribution in [1.29, 1.82) is 0 Å². The summed E-state index contributed by atoms with van der Waals surface area (Å²) in [6, 6.07) is 6.47. The molecule has 0 radical (unpaired) electrons. The number of benzene rings is 1. The lowest BCUT2D eigenvalue weighted by atomic mass is 10.0. The second kappa shape index (κ2) is 6.33. The van der Waals surface area contributed by atoms with Crippen LogP contribution in [0.2, 0.25) is 0 Å². The molecule has 1 saturated heterocycles. The average molecular weight is 363 g/mol. The van der Waals surface area contributed by atoms with E-state index >= 15 is 0 Å². The van der Waals surface area contributed by atoms with Gasteiger partial charge in [-0.2, -0.15) is 0 Å². The van der Waals surface area contributed by atoms with Gasteiger partial charge in [0, 0.05) is 36.7 Å². The number of nitrogens with one attached hydrogen (secondary N) is 1. The molecule has 3 aromatic rings. The second-order valence-electron chi connectivity index (χ2n) is 7.41. The van der Waals surface area contributed by atoms with Crippen LogP contribution in [0.25, 0.3) is 22.3 Å². The number of hydrogen-bond donors (Lipinski definition) is 1. The number of carbonyl (C=O) groups excluding carboxylic acids is 1. The second-order valence-corrected chi connectivity index (χ2v) is 7.41. The van der Waals surface area contributed by atoms with Gasteiger partial charge in [-0.1, -0.05) is 0 Å². The summed E-state index contributed by atoms with van der Waals surface area (Å²) >= 11 is 0. The predicted molar refractivity (Wildman–Crippen MR) is 100 cm³/mol. The largest absolute Gasteiger partial charge is 0.488 e. The van der Waals surface area contributed by atoms with E-state index < -0.39 is 0 Å². The van der Waals surface area contributed by atoms with E-state index in [-0.39, 0.29) is 17.9 Å². The first-order valence-electron chi connectivity index (χ1n) is 9.39. The Balaban J connectivity index is 1.57. The standard InChI is InChI=1S/C20H21N5O2/c1-12(14-8-19(26)22-9-14)27-18-7-13(16-4-5-21-10-23-16)6-17-20(18)25(11-24-17)15-2-3-15/h4-7,10-12,14-15H,2-3,8-9H2,1H3,(H,22,26)/t12-,14?/m1/s1. The van der Waals surface area contributed by atoms with Gasteiger partial charge in [-0.15, -0.1) is 0 Å². The van der Waals surface area contributed by atoms with Crippen LogP contribution in [0.4, 0.5) is 0 Å². The van der Waals surface area contributed by atoms with Crippen molar-refractivity contribution in [3.8, 4) is 17.0 Å². The highest BCUT2D eigenvalue weighted by atomic mass is 16.5. The third-order valence-electron chi connectivity index (χ3n) is 5.44. The lowest BCUT2D eigenvalue weighted by molar-refractivity contribution is -0.119. The SMILES string of the molecule is C[C@@H](Oc1cc(-c2ccncn2)cc2ncn(C3CC3)c12)C1CNC(=O)C1.